The van der Waals surface area contributed by atoms with Gasteiger partial charge in [-0.05, 0) is 18.6 Å². The van der Waals surface area contributed by atoms with Crippen LogP contribution in [0.4, 0.5) is 0 Å². The Labute approximate surface area is 100 Å². The minimum absolute atomic E-state index is 0.000424. The second-order valence-electron chi connectivity index (χ2n) is 3.80. The van der Waals surface area contributed by atoms with Crippen molar-refractivity contribution in [3.63, 3.8) is 0 Å². The summed E-state index contributed by atoms with van der Waals surface area (Å²) in [6.45, 7) is 2.04. The Bertz CT molecular complexity index is 472. The Kier molecular flexibility index (Phi) is 4.74. The van der Waals surface area contributed by atoms with Gasteiger partial charge in [-0.2, -0.15) is 0 Å². The SMILES string of the molecule is CCCCCCS(=O)(=O)c1ccc(C(=O)O)o1. The smallest absolute Gasteiger partial charge is 0.371 e. The van der Waals surface area contributed by atoms with Crippen molar-refractivity contribution < 1.29 is 22.7 Å². The van der Waals surface area contributed by atoms with E-state index < -0.39 is 15.8 Å². The molecule has 96 valence electrons. The van der Waals surface area contributed by atoms with E-state index in [1.165, 1.54) is 6.07 Å². The summed E-state index contributed by atoms with van der Waals surface area (Å²) in [5, 5.41) is 8.36. The van der Waals surface area contributed by atoms with E-state index in [1.807, 2.05) is 6.92 Å². The summed E-state index contributed by atoms with van der Waals surface area (Å²) in [4.78, 5) is 10.6. The van der Waals surface area contributed by atoms with Crippen LogP contribution in [0.15, 0.2) is 21.6 Å². The van der Waals surface area contributed by atoms with Crippen molar-refractivity contribution in [2.24, 2.45) is 0 Å². The van der Waals surface area contributed by atoms with Crippen molar-refractivity contribution >= 4 is 15.8 Å². The summed E-state index contributed by atoms with van der Waals surface area (Å²) < 4.78 is 28.3. The molecule has 1 N–H and O–H groups in total. The first-order valence-electron chi connectivity index (χ1n) is 5.53. The number of sulfone groups is 1. The monoisotopic (exact) mass is 260 g/mol. The maximum atomic E-state index is 11.7. The third-order valence-corrected chi connectivity index (χ3v) is 4.02. The highest BCUT2D eigenvalue weighted by atomic mass is 32.2. The zero-order chi connectivity index (χ0) is 12.9. The van der Waals surface area contributed by atoms with Crippen molar-refractivity contribution in [2.45, 2.75) is 37.7 Å². The van der Waals surface area contributed by atoms with Crippen LogP contribution in [-0.2, 0) is 9.84 Å². The number of carboxylic acids is 1. The second kappa shape index (κ2) is 5.86. The van der Waals surface area contributed by atoms with Crippen molar-refractivity contribution in [3.05, 3.63) is 17.9 Å². The molecule has 0 aliphatic carbocycles. The van der Waals surface area contributed by atoms with Crippen LogP contribution in [0.5, 0.6) is 0 Å². The maximum Gasteiger partial charge on any atom is 0.371 e. The molecule has 1 rings (SSSR count). The molecule has 0 aromatic carbocycles. The molecule has 0 fully saturated rings. The highest BCUT2D eigenvalue weighted by Crippen LogP contribution is 2.17. The van der Waals surface area contributed by atoms with E-state index in [-0.39, 0.29) is 16.6 Å². The number of rotatable bonds is 7. The number of aromatic carboxylic acids is 1. The molecule has 5 nitrogen and oxygen atoms in total. The number of carboxylic acid groups (broad SMARTS) is 1. The van der Waals surface area contributed by atoms with E-state index in [1.54, 1.807) is 0 Å². The van der Waals surface area contributed by atoms with E-state index in [9.17, 15) is 13.2 Å². The molecule has 0 saturated carbocycles. The van der Waals surface area contributed by atoms with E-state index >= 15 is 0 Å². The lowest BCUT2D eigenvalue weighted by atomic mass is 10.2. The van der Waals surface area contributed by atoms with Gasteiger partial charge >= 0.3 is 5.97 Å². The van der Waals surface area contributed by atoms with E-state index in [2.05, 4.69) is 0 Å². The zero-order valence-corrected chi connectivity index (χ0v) is 10.5. The number of hydrogen-bond acceptors (Lipinski definition) is 4. The van der Waals surface area contributed by atoms with Crippen LogP contribution in [0.2, 0.25) is 0 Å². The number of furan rings is 1. The van der Waals surface area contributed by atoms with Crippen molar-refractivity contribution in [2.75, 3.05) is 5.75 Å². The molecule has 0 bridgehead atoms. The molecule has 1 aromatic rings. The minimum atomic E-state index is -3.48. The molecule has 17 heavy (non-hydrogen) atoms. The predicted octanol–water partition coefficient (Wildman–Crippen LogP) is 2.33. The largest absolute Gasteiger partial charge is 0.475 e. The van der Waals surface area contributed by atoms with Crippen LogP contribution < -0.4 is 0 Å². The van der Waals surface area contributed by atoms with Crippen molar-refractivity contribution in [3.8, 4) is 0 Å². The molecule has 6 heteroatoms. The lowest BCUT2D eigenvalue weighted by Gasteiger charge is -2.00. The summed E-state index contributed by atoms with van der Waals surface area (Å²) in [7, 11) is -3.48. The summed E-state index contributed by atoms with van der Waals surface area (Å²) in [6.07, 6.45) is 3.44. The van der Waals surface area contributed by atoms with Crippen LogP contribution >= 0.6 is 0 Å². The van der Waals surface area contributed by atoms with Gasteiger partial charge in [0.05, 0.1) is 5.75 Å². The zero-order valence-electron chi connectivity index (χ0n) is 9.68. The van der Waals surface area contributed by atoms with Gasteiger partial charge < -0.3 is 9.52 Å². The molecule has 1 heterocycles. The van der Waals surface area contributed by atoms with E-state index in [0.717, 1.165) is 25.3 Å². The van der Waals surface area contributed by atoms with Gasteiger partial charge in [0.1, 0.15) is 0 Å². The fraction of sp³-hybridized carbons (Fsp3) is 0.545. The van der Waals surface area contributed by atoms with Crippen molar-refractivity contribution in [1.82, 2.24) is 0 Å². The molecule has 0 aliphatic rings. The Hall–Kier alpha value is -1.30. The summed E-state index contributed by atoms with van der Waals surface area (Å²) >= 11 is 0. The second-order valence-corrected chi connectivity index (χ2v) is 5.84. The first kappa shape index (κ1) is 13.8. The Balaban J connectivity index is 2.66. The Morgan fingerprint density at radius 2 is 2.00 bits per heavy atom. The van der Waals surface area contributed by atoms with Crippen LogP contribution in [-0.4, -0.2) is 25.2 Å². The van der Waals surface area contributed by atoms with Crippen LogP contribution in [0.3, 0.4) is 0 Å². The number of carbonyl (C=O) groups is 1. The third-order valence-electron chi connectivity index (χ3n) is 2.37. The average molecular weight is 260 g/mol. The Morgan fingerprint density at radius 1 is 1.29 bits per heavy atom. The first-order chi connectivity index (χ1) is 7.97. The van der Waals surface area contributed by atoms with Gasteiger partial charge in [-0.15, -0.1) is 0 Å². The molecular formula is C11H16O5S. The normalized spacial score (nSPS) is 11.6. The van der Waals surface area contributed by atoms with Gasteiger partial charge in [0, 0.05) is 0 Å². The van der Waals surface area contributed by atoms with Gasteiger partial charge in [-0.3, -0.25) is 0 Å². The molecule has 0 radical (unpaired) electrons. The fourth-order valence-corrected chi connectivity index (χ4v) is 2.70. The molecular weight excluding hydrogens is 244 g/mol. The van der Waals surface area contributed by atoms with Gasteiger partial charge in [0.25, 0.3) is 0 Å². The molecule has 0 aliphatic heterocycles. The number of unbranched alkanes of at least 4 members (excludes halogenated alkanes) is 3. The molecule has 0 atom stereocenters. The van der Waals surface area contributed by atoms with Gasteiger partial charge in [-0.25, -0.2) is 13.2 Å². The lowest BCUT2D eigenvalue weighted by Crippen LogP contribution is -2.05. The van der Waals surface area contributed by atoms with E-state index in [0.29, 0.717) is 6.42 Å². The molecule has 0 amide bonds. The van der Waals surface area contributed by atoms with Gasteiger partial charge in [-0.1, -0.05) is 26.2 Å². The molecule has 0 unspecified atom stereocenters. The van der Waals surface area contributed by atoms with Crippen LogP contribution in [0.1, 0.15) is 43.2 Å². The summed E-state index contributed by atoms with van der Waals surface area (Å²) in [5.74, 6) is -1.62. The Morgan fingerprint density at radius 3 is 2.53 bits per heavy atom. The molecule has 0 spiro atoms. The highest BCUT2D eigenvalue weighted by molar-refractivity contribution is 7.91. The minimum Gasteiger partial charge on any atom is -0.475 e. The average Bonchev–Trinajstić information content (AvgIpc) is 2.74. The molecule has 0 saturated heterocycles. The quantitative estimate of drug-likeness (QED) is 0.760. The maximum absolute atomic E-state index is 11.7. The summed E-state index contributed by atoms with van der Waals surface area (Å²) in [5.41, 5.74) is 0. The van der Waals surface area contributed by atoms with Gasteiger partial charge in [0.2, 0.25) is 20.7 Å². The predicted molar refractivity (Wildman–Crippen MR) is 61.9 cm³/mol. The van der Waals surface area contributed by atoms with Crippen LogP contribution in [0.25, 0.3) is 0 Å². The lowest BCUT2D eigenvalue weighted by molar-refractivity contribution is 0.0656. The highest BCUT2D eigenvalue weighted by Gasteiger charge is 2.20. The van der Waals surface area contributed by atoms with E-state index in [4.69, 9.17) is 9.52 Å². The topological polar surface area (TPSA) is 84.6 Å². The number of hydrogen-bond donors (Lipinski definition) is 1. The third kappa shape index (κ3) is 3.89. The van der Waals surface area contributed by atoms with Crippen LogP contribution in [0, 0.1) is 0 Å². The molecule has 1 aromatic heterocycles. The standard InChI is InChI=1S/C11H16O5S/c1-2-3-4-5-8-17(14,15)10-7-6-9(16-10)11(12)13/h6-7H,2-5,8H2,1H3,(H,12,13). The first-order valence-corrected chi connectivity index (χ1v) is 7.18. The summed E-state index contributed by atoms with van der Waals surface area (Å²) in [6, 6.07) is 2.35. The fourth-order valence-electron chi connectivity index (χ4n) is 1.42. The van der Waals surface area contributed by atoms with Gasteiger partial charge in [0.15, 0.2) is 0 Å². The van der Waals surface area contributed by atoms with Crippen molar-refractivity contribution in [1.29, 1.82) is 0 Å².